The molecule has 0 spiro atoms. The summed E-state index contributed by atoms with van der Waals surface area (Å²) in [5, 5.41) is 14.3. The van der Waals surface area contributed by atoms with Gasteiger partial charge in [0, 0.05) is 22.9 Å². The molecule has 0 fully saturated rings. The van der Waals surface area contributed by atoms with E-state index in [1.54, 1.807) is 12.1 Å². The van der Waals surface area contributed by atoms with E-state index >= 15 is 0 Å². The lowest BCUT2D eigenvalue weighted by molar-refractivity contribution is -0.207. The summed E-state index contributed by atoms with van der Waals surface area (Å²) in [5.41, 5.74) is 4.59. The maximum absolute atomic E-state index is 13.0. The molecular weight excluding hydrogens is 576 g/mol. The summed E-state index contributed by atoms with van der Waals surface area (Å²) in [6.07, 6.45) is -9.27. The smallest absolute Gasteiger partial charge is 0.416 e. The molecule has 1 heterocycles. The third-order valence-corrected chi connectivity index (χ3v) is 6.49. The molecular formula is C23H20Cl3F3N4O5. The van der Waals surface area contributed by atoms with Crippen molar-refractivity contribution < 1.29 is 32.6 Å². The van der Waals surface area contributed by atoms with Crippen LogP contribution in [0.5, 0.6) is 0 Å². The number of aliphatic hydroxyl groups is 1. The van der Waals surface area contributed by atoms with E-state index in [0.29, 0.717) is 19.8 Å². The van der Waals surface area contributed by atoms with Crippen molar-refractivity contribution in [1.29, 1.82) is 0 Å². The molecule has 3 aromatic rings. The average molecular weight is 596 g/mol. The second-order valence-corrected chi connectivity index (χ2v) is 9.37. The van der Waals surface area contributed by atoms with Gasteiger partial charge in [-0.15, -0.1) is 5.10 Å². The number of carbonyl (C=O) groups excluding carboxylic acids is 2. The maximum Gasteiger partial charge on any atom is 0.416 e. The molecule has 204 valence electrons. The third-order valence-electron chi connectivity index (χ3n) is 5.41. The predicted octanol–water partition coefficient (Wildman–Crippen LogP) is 4.43. The van der Waals surface area contributed by atoms with E-state index in [-0.39, 0.29) is 34.5 Å². The minimum absolute atomic E-state index is 0.118. The van der Waals surface area contributed by atoms with Crippen molar-refractivity contribution in [1.82, 2.24) is 14.3 Å². The van der Waals surface area contributed by atoms with Crippen molar-refractivity contribution >= 4 is 46.7 Å². The lowest BCUT2D eigenvalue weighted by Crippen LogP contribution is -2.37. The first-order valence-electron chi connectivity index (χ1n) is 10.8. The van der Waals surface area contributed by atoms with Crippen LogP contribution < -0.4 is 11.4 Å². The second kappa shape index (κ2) is 12.2. The van der Waals surface area contributed by atoms with Gasteiger partial charge >= 0.3 is 18.0 Å². The number of Topliss-reactive ketones (excluding diaryl/α,β-unsaturated/α-hetero) is 1. The molecule has 9 nitrogen and oxygen atoms in total. The van der Waals surface area contributed by atoms with Gasteiger partial charge in [0.2, 0.25) is 0 Å². The quantitative estimate of drug-likeness (QED) is 0.357. The Hall–Kier alpha value is -3.06. The van der Waals surface area contributed by atoms with E-state index in [1.807, 2.05) is 0 Å². The third kappa shape index (κ3) is 7.28. The van der Waals surface area contributed by atoms with Gasteiger partial charge in [-0.25, -0.2) is 14.3 Å². The van der Waals surface area contributed by atoms with Crippen molar-refractivity contribution in [2.75, 3.05) is 6.61 Å². The molecule has 1 aromatic heterocycles. The van der Waals surface area contributed by atoms with E-state index in [1.165, 1.54) is 30.3 Å². The van der Waals surface area contributed by atoms with E-state index in [4.69, 9.17) is 45.3 Å². The Morgan fingerprint density at radius 1 is 1.11 bits per heavy atom. The Balaban J connectivity index is 1.93. The molecule has 2 atom stereocenters. The summed E-state index contributed by atoms with van der Waals surface area (Å²) < 4.78 is 45.3. The van der Waals surface area contributed by atoms with Gasteiger partial charge in [0.25, 0.3) is 0 Å². The summed E-state index contributed by atoms with van der Waals surface area (Å²) in [6.45, 7) is -2.13. The Labute approximate surface area is 228 Å². The van der Waals surface area contributed by atoms with E-state index < -0.39 is 48.9 Å². The van der Waals surface area contributed by atoms with Crippen molar-refractivity contribution in [3.63, 3.8) is 0 Å². The molecule has 1 amide bonds. The highest BCUT2D eigenvalue weighted by atomic mass is 35.5. The Morgan fingerprint density at radius 3 is 2.37 bits per heavy atom. The van der Waals surface area contributed by atoms with Gasteiger partial charge in [-0.1, -0.05) is 46.9 Å². The summed E-state index contributed by atoms with van der Waals surface area (Å²) >= 11 is 18.2. The molecule has 0 bridgehead atoms. The van der Waals surface area contributed by atoms with Crippen LogP contribution in [0.25, 0.3) is 11.4 Å². The monoisotopic (exact) mass is 594 g/mol. The number of ether oxygens (including phenoxy) is 1. The predicted molar refractivity (Wildman–Crippen MR) is 133 cm³/mol. The minimum atomic E-state index is -5.00. The number of hydrogen-bond donors (Lipinski definition) is 2. The molecule has 0 aliphatic carbocycles. The number of aliphatic hydroxyl groups excluding tert-OH is 1. The standard InChI is InChI=1S/C23H20Cl3F3N4O5/c24-14-6-4-12(5-7-14)20-31-33(22(37)32(20)10-18(35)23(27,28)29)9-15(34)8-13(11-38-21(30)36)16-2-1-3-17(25)19(16)26/h1-7,13,18,35H,8-11H2,(H2,30,36)/t13?,18-/m0/s1. The highest BCUT2D eigenvalue weighted by Gasteiger charge is 2.39. The first-order chi connectivity index (χ1) is 17.8. The molecule has 0 radical (unpaired) electrons. The van der Waals surface area contributed by atoms with Crippen molar-refractivity contribution in [2.45, 2.75) is 37.7 Å². The van der Waals surface area contributed by atoms with Crippen molar-refractivity contribution in [3.05, 3.63) is 73.6 Å². The zero-order valence-corrected chi connectivity index (χ0v) is 21.6. The fourth-order valence-corrected chi connectivity index (χ4v) is 4.17. The summed E-state index contributed by atoms with van der Waals surface area (Å²) in [6, 6.07) is 10.4. The number of benzene rings is 2. The number of nitrogens with zero attached hydrogens (tertiary/aromatic N) is 3. The topological polar surface area (TPSA) is 129 Å². The van der Waals surface area contributed by atoms with Crippen LogP contribution in [0.15, 0.2) is 47.3 Å². The van der Waals surface area contributed by atoms with Crippen LogP contribution in [0.3, 0.4) is 0 Å². The number of hydrogen-bond acceptors (Lipinski definition) is 6. The average Bonchev–Trinajstić information content (AvgIpc) is 3.13. The number of rotatable bonds is 10. The number of nitrogens with two attached hydrogens (primary N) is 1. The van der Waals surface area contributed by atoms with Crippen LogP contribution in [0.1, 0.15) is 17.9 Å². The molecule has 0 aliphatic heterocycles. The van der Waals surface area contributed by atoms with Gasteiger partial charge in [-0.3, -0.25) is 9.36 Å². The van der Waals surface area contributed by atoms with Crippen LogP contribution >= 0.6 is 34.8 Å². The summed E-state index contributed by atoms with van der Waals surface area (Å²) in [5.74, 6) is -1.61. The number of aromatic nitrogens is 3. The largest absolute Gasteiger partial charge is 0.449 e. The van der Waals surface area contributed by atoms with Gasteiger partial charge in [0.1, 0.15) is 13.2 Å². The fraction of sp³-hybridized carbons (Fsp3) is 0.304. The zero-order valence-electron chi connectivity index (χ0n) is 19.3. The number of amides is 1. The molecule has 0 saturated heterocycles. The van der Waals surface area contributed by atoms with Gasteiger partial charge < -0.3 is 15.6 Å². The zero-order chi connectivity index (χ0) is 28.2. The van der Waals surface area contributed by atoms with Crippen LogP contribution in [0.4, 0.5) is 18.0 Å². The highest BCUT2D eigenvalue weighted by Crippen LogP contribution is 2.33. The highest BCUT2D eigenvalue weighted by molar-refractivity contribution is 6.42. The second-order valence-electron chi connectivity index (χ2n) is 8.15. The molecule has 0 saturated carbocycles. The van der Waals surface area contributed by atoms with E-state index in [2.05, 4.69) is 5.10 Å². The van der Waals surface area contributed by atoms with Gasteiger partial charge in [0.05, 0.1) is 16.6 Å². The lowest BCUT2D eigenvalue weighted by Gasteiger charge is -2.18. The molecule has 15 heteroatoms. The number of carbonyl (C=O) groups is 2. The number of halogens is 6. The number of primary amides is 1. The number of alkyl halides is 3. The molecule has 3 N–H and O–H groups in total. The maximum atomic E-state index is 13.0. The van der Waals surface area contributed by atoms with Gasteiger partial charge in [-0.2, -0.15) is 13.2 Å². The first kappa shape index (κ1) is 29.5. The SMILES string of the molecule is NC(=O)OCC(CC(=O)Cn1nc(-c2ccc(Cl)cc2)n(C[C@H](O)C(F)(F)F)c1=O)c1cccc(Cl)c1Cl. The van der Waals surface area contributed by atoms with Crippen LogP contribution in [0, 0.1) is 0 Å². The molecule has 38 heavy (non-hydrogen) atoms. The molecule has 3 rings (SSSR count). The Kier molecular flexibility index (Phi) is 9.47. The molecule has 0 aliphatic rings. The van der Waals surface area contributed by atoms with Crippen LogP contribution in [-0.2, 0) is 22.6 Å². The van der Waals surface area contributed by atoms with Crippen LogP contribution in [-0.4, -0.2) is 50.2 Å². The summed E-state index contributed by atoms with van der Waals surface area (Å²) in [4.78, 5) is 37.1. The normalized spacial score (nSPS) is 13.2. The van der Waals surface area contributed by atoms with Crippen molar-refractivity contribution in [3.8, 4) is 11.4 Å². The van der Waals surface area contributed by atoms with Crippen LogP contribution in [0.2, 0.25) is 15.1 Å². The van der Waals surface area contributed by atoms with E-state index in [0.717, 1.165) is 0 Å². The number of ketones is 1. The van der Waals surface area contributed by atoms with E-state index in [9.17, 15) is 32.7 Å². The van der Waals surface area contributed by atoms with Crippen molar-refractivity contribution in [2.24, 2.45) is 5.73 Å². The lowest BCUT2D eigenvalue weighted by atomic mass is 9.94. The van der Waals surface area contributed by atoms with Gasteiger partial charge in [-0.05, 0) is 35.9 Å². The summed E-state index contributed by atoms with van der Waals surface area (Å²) in [7, 11) is 0. The van der Waals surface area contributed by atoms with Gasteiger partial charge in [0.15, 0.2) is 17.7 Å². The first-order valence-corrected chi connectivity index (χ1v) is 12.0. The fourth-order valence-electron chi connectivity index (χ4n) is 3.58. The Bertz CT molecular complexity index is 1380. The Morgan fingerprint density at radius 2 is 1.76 bits per heavy atom. The molecule has 2 aromatic carbocycles. The molecule has 1 unspecified atom stereocenters. The minimum Gasteiger partial charge on any atom is -0.449 e.